The summed E-state index contributed by atoms with van der Waals surface area (Å²) in [4.78, 5) is 0. The normalized spacial score (nSPS) is 25.9. The summed E-state index contributed by atoms with van der Waals surface area (Å²) in [6.45, 7) is 1.47. The van der Waals surface area contributed by atoms with Crippen molar-refractivity contribution in [2.45, 2.75) is 37.9 Å². The first-order valence-electron chi connectivity index (χ1n) is 6.87. The second-order valence-corrected chi connectivity index (χ2v) is 5.27. The van der Waals surface area contributed by atoms with Gasteiger partial charge in [0.25, 0.3) is 0 Å². The average molecular weight is 249 g/mol. The van der Waals surface area contributed by atoms with Gasteiger partial charge in [0.1, 0.15) is 0 Å². The lowest BCUT2D eigenvalue weighted by molar-refractivity contribution is 0.0983. The fourth-order valence-corrected chi connectivity index (χ4v) is 2.67. The van der Waals surface area contributed by atoms with Crippen LogP contribution in [0.2, 0.25) is 0 Å². The maximum Gasteiger partial charge on any atom is 0.0914 e. The van der Waals surface area contributed by atoms with E-state index in [1.54, 1.807) is 0 Å². The molecule has 1 aromatic carbocycles. The van der Waals surface area contributed by atoms with Crippen molar-refractivity contribution < 1.29 is 10.2 Å². The van der Waals surface area contributed by atoms with E-state index in [1.807, 2.05) is 30.3 Å². The van der Waals surface area contributed by atoms with E-state index < -0.39 is 6.10 Å². The van der Waals surface area contributed by atoms with E-state index in [1.165, 1.54) is 6.42 Å². The van der Waals surface area contributed by atoms with E-state index in [-0.39, 0.29) is 6.10 Å². The number of aliphatic hydroxyl groups is 2. The second kappa shape index (κ2) is 6.88. The van der Waals surface area contributed by atoms with Crippen molar-refractivity contribution in [1.82, 2.24) is 5.32 Å². The van der Waals surface area contributed by atoms with Crippen molar-refractivity contribution in [3.05, 3.63) is 35.9 Å². The summed E-state index contributed by atoms with van der Waals surface area (Å²) in [5.41, 5.74) is 0.952. The van der Waals surface area contributed by atoms with Crippen LogP contribution in [0.25, 0.3) is 0 Å². The Morgan fingerprint density at radius 1 is 1.22 bits per heavy atom. The van der Waals surface area contributed by atoms with Crippen LogP contribution in [0.5, 0.6) is 0 Å². The van der Waals surface area contributed by atoms with Crippen molar-refractivity contribution in [3.8, 4) is 0 Å². The van der Waals surface area contributed by atoms with Gasteiger partial charge in [0.2, 0.25) is 0 Å². The van der Waals surface area contributed by atoms with Crippen LogP contribution in [0.1, 0.15) is 37.4 Å². The third-order valence-electron chi connectivity index (χ3n) is 3.71. The Hall–Kier alpha value is -0.900. The van der Waals surface area contributed by atoms with E-state index >= 15 is 0 Å². The third kappa shape index (κ3) is 4.09. The summed E-state index contributed by atoms with van der Waals surface area (Å²) in [7, 11) is 0. The fraction of sp³-hybridized carbons (Fsp3) is 0.600. The van der Waals surface area contributed by atoms with Gasteiger partial charge in [0.05, 0.1) is 12.2 Å². The number of rotatable bonds is 5. The summed E-state index contributed by atoms with van der Waals surface area (Å²) in [6, 6.07) is 9.71. The topological polar surface area (TPSA) is 52.5 Å². The second-order valence-electron chi connectivity index (χ2n) is 5.27. The highest BCUT2D eigenvalue weighted by Gasteiger charge is 2.19. The lowest BCUT2D eigenvalue weighted by Crippen LogP contribution is -2.31. The van der Waals surface area contributed by atoms with Crippen LogP contribution in [0, 0.1) is 5.92 Å². The number of aliphatic hydroxyl groups excluding tert-OH is 2. The predicted octanol–water partition coefficient (Wildman–Crippen LogP) is 1.86. The van der Waals surface area contributed by atoms with Crippen molar-refractivity contribution in [3.63, 3.8) is 0 Å². The zero-order valence-corrected chi connectivity index (χ0v) is 10.8. The van der Waals surface area contributed by atoms with E-state index in [0.29, 0.717) is 12.5 Å². The SMILES string of the molecule is OC1CCCC(CNCC(O)c2ccccc2)C1. The van der Waals surface area contributed by atoms with Gasteiger partial charge in [-0.15, -0.1) is 0 Å². The van der Waals surface area contributed by atoms with Gasteiger partial charge < -0.3 is 15.5 Å². The maximum absolute atomic E-state index is 9.99. The molecule has 0 aromatic heterocycles. The fourth-order valence-electron chi connectivity index (χ4n) is 2.67. The lowest BCUT2D eigenvalue weighted by Gasteiger charge is -2.26. The molecule has 0 heterocycles. The largest absolute Gasteiger partial charge is 0.393 e. The Morgan fingerprint density at radius 2 is 2.00 bits per heavy atom. The molecular weight excluding hydrogens is 226 g/mol. The van der Waals surface area contributed by atoms with Crippen LogP contribution in [-0.2, 0) is 0 Å². The molecule has 3 unspecified atom stereocenters. The molecule has 100 valence electrons. The summed E-state index contributed by atoms with van der Waals surface area (Å²) >= 11 is 0. The van der Waals surface area contributed by atoms with Crippen LogP contribution in [0.3, 0.4) is 0 Å². The molecule has 1 aromatic rings. The molecule has 0 aliphatic heterocycles. The number of benzene rings is 1. The first kappa shape index (κ1) is 13.5. The van der Waals surface area contributed by atoms with Crippen LogP contribution in [0.15, 0.2) is 30.3 Å². The average Bonchev–Trinajstić information content (AvgIpc) is 2.40. The van der Waals surface area contributed by atoms with Crippen LogP contribution in [-0.4, -0.2) is 29.4 Å². The molecule has 0 bridgehead atoms. The molecule has 3 atom stereocenters. The quantitative estimate of drug-likeness (QED) is 0.746. The summed E-state index contributed by atoms with van der Waals surface area (Å²) in [5.74, 6) is 0.553. The molecule has 0 radical (unpaired) electrons. The van der Waals surface area contributed by atoms with Crippen molar-refractivity contribution in [2.24, 2.45) is 5.92 Å². The smallest absolute Gasteiger partial charge is 0.0914 e. The highest BCUT2D eigenvalue weighted by atomic mass is 16.3. The molecule has 0 saturated heterocycles. The van der Waals surface area contributed by atoms with E-state index in [0.717, 1.165) is 31.4 Å². The van der Waals surface area contributed by atoms with Gasteiger partial charge in [0.15, 0.2) is 0 Å². The molecule has 0 amide bonds. The highest BCUT2D eigenvalue weighted by molar-refractivity contribution is 5.17. The Bertz CT molecular complexity index is 342. The Morgan fingerprint density at radius 3 is 2.72 bits per heavy atom. The molecule has 0 spiro atoms. The number of hydrogen-bond acceptors (Lipinski definition) is 3. The zero-order chi connectivity index (χ0) is 12.8. The Kier molecular flexibility index (Phi) is 5.17. The molecule has 3 nitrogen and oxygen atoms in total. The standard InChI is InChI=1S/C15H23NO2/c17-14-8-4-5-12(9-14)10-16-11-15(18)13-6-2-1-3-7-13/h1-3,6-7,12,14-18H,4-5,8-11H2. The van der Waals surface area contributed by atoms with Crippen molar-refractivity contribution in [2.75, 3.05) is 13.1 Å². The molecule has 1 saturated carbocycles. The minimum absolute atomic E-state index is 0.121. The van der Waals surface area contributed by atoms with E-state index in [2.05, 4.69) is 5.32 Å². The molecule has 1 fully saturated rings. The van der Waals surface area contributed by atoms with Gasteiger partial charge in [-0.25, -0.2) is 0 Å². The zero-order valence-electron chi connectivity index (χ0n) is 10.8. The van der Waals surface area contributed by atoms with Gasteiger partial charge in [-0.2, -0.15) is 0 Å². The monoisotopic (exact) mass is 249 g/mol. The minimum Gasteiger partial charge on any atom is -0.393 e. The van der Waals surface area contributed by atoms with E-state index in [4.69, 9.17) is 0 Å². The number of hydrogen-bond donors (Lipinski definition) is 3. The first-order chi connectivity index (χ1) is 8.75. The molecule has 1 aliphatic rings. The Labute approximate surface area is 109 Å². The highest BCUT2D eigenvalue weighted by Crippen LogP contribution is 2.23. The van der Waals surface area contributed by atoms with Crippen molar-refractivity contribution in [1.29, 1.82) is 0 Å². The van der Waals surface area contributed by atoms with Crippen molar-refractivity contribution >= 4 is 0 Å². The van der Waals surface area contributed by atoms with Gasteiger partial charge in [-0.3, -0.25) is 0 Å². The van der Waals surface area contributed by atoms with Gasteiger partial charge in [-0.1, -0.05) is 36.8 Å². The van der Waals surface area contributed by atoms with Gasteiger partial charge in [-0.05, 0) is 37.3 Å². The summed E-state index contributed by atoms with van der Waals surface area (Å²) in [5, 5.41) is 22.9. The van der Waals surface area contributed by atoms with Gasteiger partial charge >= 0.3 is 0 Å². The predicted molar refractivity (Wildman–Crippen MR) is 72.2 cm³/mol. The molecule has 2 rings (SSSR count). The summed E-state index contributed by atoms with van der Waals surface area (Å²) < 4.78 is 0. The lowest BCUT2D eigenvalue weighted by atomic mass is 9.87. The van der Waals surface area contributed by atoms with E-state index in [9.17, 15) is 10.2 Å². The minimum atomic E-state index is -0.445. The van der Waals surface area contributed by atoms with Crippen LogP contribution in [0.4, 0.5) is 0 Å². The molecule has 18 heavy (non-hydrogen) atoms. The molecule has 3 N–H and O–H groups in total. The molecule has 1 aliphatic carbocycles. The van der Waals surface area contributed by atoms with Crippen LogP contribution < -0.4 is 5.32 Å². The van der Waals surface area contributed by atoms with Crippen LogP contribution >= 0.6 is 0 Å². The first-order valence-corrected chi connectivity index (χ1v) is 6.87. The molecular formula is C15H23NO2. The maximum atomic E-state index is 9.99. The summed E-state index contributed by atoms with van der Waals surface area (Å²) in [6.07, 6.45) is 3.59. The van der Waals surface area contributed by atoms with Gasteiger partial charge in [0, 0.05) is 6.54 Å². The molecule has 3 heteroatoms. The Balaban J connectivity index is 1.69. The number of nitrogens with one attached hydrogen (secondary N) is 1. The third-order valence-corrected chi connectivity index (χ3v) is 3.71.